The fraction of sp³-hybridized carbons (Fsp3) is 0.310. The molecule has 11 heteroatoms. The molecule has 2 amide bonds. The minimum atomic E-state index is -4.21. The van der Waals surface area contributed by atoms with E-state index in [1.165, 1.54) is 23.1 Å². The van der Waals surface area contributed by atoms with Crippen LogP contribution in [0.25, 0.3) is 0 Å². The molecule has 0 heterocycles. The molecule has 0 unspecified atom stereocenters. The Balaban J connectivity index is 2.11. The SMILES string of the molecule is Cc1ccc(Cl)cc1N(CC(=O)N(Cc1c(Cl)cccc1Cl)[C@H](C)C(=O)NC(C)(C)C)S(=O)(=O)c1ccccc1. The lowest BCUT2D eigenvalue weighted by Crippen LogP contribution is -2.54. The number of anilines is 1. The van der Waals surface area contributed by atoms with Crippen LogP contribution in [0.2, 0.25) is 15.1 Å². The fourth-order valence-electron chi connectivity index (χ4n) is 3.99. The number of nitrogens with one attached hydrogen (secondary N) is 1. The van der Waals surface area contributed by atoms with E-state index in [1.807, 2.05) is 20.8 Å². The summed E-state index contributed by atoms with van der Waals surface area (Å²) in [5, 5.41) is 3.81. The molecular formula is C29H32Cl3N3O4S. The average molecular weight is 625 g/mol. The minimum Gasteiger partial charge on any atom is -0.350 e. The van der Waals surface area contributed by atoms with E-state index in [-0.39, 0.29) is 17.1 Å². The first kappa shape index (κ1) is 31.7. The number of sulfonamides is 1. The molecule has 0 fully saturated rings. The highest BCUT2D eigenvalue weighted by atomic mass is 35.5. The van der Waals surface area contributed by atoms with Gasteiger partial charge in [0.25, 0.3) is 10.0 Å². The largest absolute Gasteiger partial charge is 0.350 e. The van der Waals surface area contributed by atoms with Crippen LogP contribution in [-0.2, 0) is 26.2 Å². The summed E-state index contributed by atoms with van der Waals surface area (Å²) < 4.78 is 28.8. The van der Waals surface area contributed by atoms with Gasteiger partial charge in [0.05, 0.1) is 10.6 Å². The number of aryl methyl sites for hydroxylation is 1. The molecule has 214 valence electrons. The highest BCUT2D eigenvalue weighted by Gasteiger charge is 2.34. The van der Waals surface area contributed by atoms with Crippen molar-refractivity contribution in [2.75, 3.05) is 10.8 Å². The third kappa shape index (κ3) is 7.69. The van der Waals surface area contributed by atoms with E-state index in [0.717, 1.165) is 4.31 Å². The molecule has 3 aromatic carbocycles. The van der Waals surface area contributed by atoms with Crippen molar-refractivity contribution in [2.24, 2.45) is 0 Å². The Morgan fingerprint density at radius 2 is 1.52 bits per heavy atom. The van der Waals surface area contributed by atoms with Gasteiger partial charge in [-0.1, -0.05) is 65.1 Å². The summed E-state index contributed by atoms with van der Waals surface area (Å²) in [6, 6.07) is 16.6. The first-order chi connectivity index (χ1) is 18.6. The summed E-state index contributed by atoms with van der Waals surface area (Å²) in [5.74, 6) is -1.05. The maximum Gasteiger partial charge on any atom is 0.264 e. The van der Waals surface area contributed by atoms with E-state index in [1.54, 1.807) is 62.4 Å². The van der Waals surface area contributed by atoms with Gasteiger partial charge in [0.15, 0.2) is 0 Å². The van der Waals surface area contributed by atoms with E-state index in [2.05, 4.69) is 5.32 Å². The Morgan fingerprint density at radius 1 is 0.925 bits per heavy atom. The lowest BCUT2D eigenvalue weighted by molar-refractivity contribution is -0.140. The maximum atomic E-state index is 14.1. The third-order valence-electron chi connectivity index (χ3n) is 6.11. The summed E-state index contributed by atoms with van der Waals surface area (Å²) in [6.07, 6.45) is 0. The molecule has 0 spiro atoms. The van der Waals surface area contributed by atoms with E-state index in [4.69, 9.17) is 34.8 Å². The van der Waals surface area contributed by atoms with Crippen molar-refractivity contribution in [3.05, 3.63) is 92.9 Å². The van der Waals surface area contributed by atoms with Crippen molar-refractivity contribution in [1.29, 1.82) is 0 Å². The van der Waals surface area contributed by atoms with Crippen LogP contribution in [0.3, 0.4) is 0 Å². The molecule has 0 aromatic heterocycles. The van der Waals surface area contributed by atoms with Crippen LogP contribution in [-0.4, -0.2) is 43.3 Å². The monoisotopic (exact) mass is 623 g/mol. The van der Waals surface area contributed by atoms with Crippen molar-refractivity contribution in [2.45, 2.75) is 57.6 Å². The van der Waals surface area contributed by atoms with Crippen molar-refractivity contribution in [3.63, 3.8) is 0 Å². The normalized spacial score (nSPS) is 12.5. The number of carbonyl (C=O) groups excluding carboxylic acids is 2. The molecule has 0 saturated carbocycles. The molecule has 0 aliphatic heterocycles. The highest BCUT2D eigenvalue weighted by molar-refractivity contribution is 7.92. The first-order valence-electron chi connectivity index (χ1n) is 12.5. The maximum absolute atomic E-state index is 14.1. The zero-order valence-electron chi connectivity index (χ0n) is 22.9. The van der Waals surface area contributed by atoms with Crippen LogP contribution < -0.4 is 9.62 Å². The van der Waals surface area contributed by atoms with Crippen LogP contribution in [0.1, 0.15) is 38.8 Å². The number of benzene rings is 3. The van der Waals surface area contributed by atoms with Crippen LogP contribution in [0.15, 0.2) is 71.6 Å². The predicted octanol–water partition coefficient (Wildman–Crippen LogP) is 6.48. The summed E-state index contributed by atoms with van der Waals surface area (Å²) >= 11 is 19.1. The molecule has 1 N–H and O–H groups in total. The van der Waals surface area contributed by atoms with E-state index < -0.39 is 40.0 Å². The van der Waals surface area contributed by atoms with Crippen molar-refractivity contribution < 1.29 is 18.0 Å². The van der Waals surface area contributed by atoms with Gasteiger partial charge in [-0.3, -0.25) is 13.9 Å². The highest BCUT2D eigenvalue weighted by Crippen LogP contribution is 2.31. The summed E-state index contributed by atoms with van der Waals surface area (Å²) in [6.45, 7) is 8.05. The molecule has 0 aliphatic rings. The Morgan fingerprint density at radius 3 is 2.10 bits per heavy atom. The minimum absolute atomic E-state index is 0.00129. The number of hydrogen-bond acceptors (Lipinski definition) is 4. The zero-order chi connectivity index (χ0) is 29.8. The number of nitrogens with zero attached hydrogens (tertiary/aromatic N) is 2. The van der Waals surface area contributed by atoms with E-state index in [0.29, 0.717) is 26.2 Å². The van der Waals surface area contributed by atoms with E-state index in [9.17, 15) is 18.0 Å². The van der Waals surface area contributed by atoms with Crippen LogP contribution in [0.4, 0.5) is 5.69 Å². The molecule has 7 nitrogen and oxygen atoms in total. The van der Waals surface area contributed by atoms with Gasteiger partial charge in [-0.05, 0) is 76.6 Å². The number of rotatable bonds is 9. The van der Waals surface area contributed by atoms with Crippen LogP contribution in [0.5, 0.6) is 0 Å². The Kier molecular flexibility index (Phi) is 10.2. The Bertz CT molecular complexity index is 1470. The lowest BCUT2D eigenvalue weighted by atomic mass is 10.1. The van der Waals surface area contributed by atoms with Crippen molar-refractivity contribution in [3.8, 4) is 0 Å². The molecule has 3 rings (SSSR count). The molecular weight excluding hydrogens is 593 g/mol. The van der Waals surface area contributed by atoms with Gasteiger partial charge >= 0.3 is 0 Å². The van der Waals surface area contributed by atoms with Gasteiger partial charge in [-0.2, -0.15) is 0 Å². The summed E-state index contributed by atoms with van der Waals surface area (Å²) in [7, 11) is -4.21. The average Bonchev–Trinajstić information content (AvgIpc) is 2.87. The number of halogens is 3. The second-order valence-electron chi connectivity index (χ2n) is 10.4. The summed E-state index contributed by atoms with van der Waals surface area (Å²) in [5.41, 5.74) is 0.706. The topological polar surface area (TPSA) is 86.8 Å². The fourth-order valence-corrected chi connectivity index (χ4v) is 6.17. The lowest BCUT2D eigenvalue weighted by Gasteiger charge is -2.34. The van der Waals surface area contributed by atoms with Gasteiger partial charge in [-0.15, -0.1) is 0 Å². The van der Waals surface area contributed by atoms with Gasteiger partial charge in [0, 0.05) is 32.7 Å². The van der Waals surface area contributed by atoms with Crippen LogP contribution >= 0.6 is 34.8 Å². The second-order valence-corrected chi connectivity index (χ2v) is 13.5. The van der Waals surface area contributed by atoms with Gasteiger partial charge in [0.1, 0.15) is 12.6 Å². The first-order valence-corrected chi connectivity index (χ1v) is 15.1. The number of amides is 2. The summed E-state index contributed by atoms with van der Waals surface area (Å²) in [4.78, 5) is 28.6. The smallest absolute Gasteiger partial charge is 0.264 e. The molecule has 0 bridgehead atoms. The number of hydrogen-bond donors (Lipinski definition) is 1. The Labute approximate surface area is 251 Å². The van der Waals surface area contributed by atoms with Gasteiger partial charge in [-0.25, -0.2) is 8.42 Å². The third-order valence-corrected chi connectivity index (χ3v) is 8.82. The Hall–Kier alpha value is -2.78. The standard InChI is InChI=1S/C29H32Cl3N3O4S/c1-19-14-15-21(30)16-26(19)35(40(38,39)22-10-7-6-8-11-22)18-27(36)34(20(2)28(37)33-29(3,4)5)17-23-24(31)12-9-13-25(23)32/h6-16,20H,17-18H2,1-5H3,(H,33,37)/t20-/m1/s1. The molecule has 40 heavy (non-hydrogen) atoms. The second kappa shape index (κ2) is 12.8. The molecule has 0 saturated heterocycles. The van der Waals surface area contributed by atoms with E-state index >= 15 is 0 Å². The van der Waals surface area contributed by atoms with Crippen molar-refractivity contribution in [1.82, 2.24) is 10.2 Å². The van der Waals surface area contributed by atoms with Gasteiger partial charge < -0.3 is 10.2 Å². The van der Waals surface area contributed by atoms with Crippen molar-refractivity contribution >= 4 is 62.3 Å². The quantitative estimate of drug-likeness (QED) is 0.295. The van der Waals surface area contributed by atoms with Crippen LogP contribution in [0, 0.1) is 6.92 Å². The van der Waals surface area contributed by atoms with Gasteiger partial charge in [0.2, 0.25) is 11.8 Å². The predicted molar refractivity (Wildman–Crippen MR) is 162 cm³/mol. The molecule has 1 atom stereocenters. The molecule has 0 aliphatic carbocycles. The molecule has 0 radical (unpaired) electrons. The zero-order valence-corrected chi connectivity index (χ0v) is 26.0. The molecule has 3 aromatic rings. The number of carbonyl (C=O) groups is 2.